The van der Waals surface area contributed by atoms with Crippen molar-refractivity contribution in [3.05, 3.63) is 35.4 Å². The first-order valence-corrected chi connectivity index (χ1v) is 8.29. The van der Waals surface area contributed by atoms with Gasteiger partial charge in [0.25, 0.3) is 0 Å². The van der Waals surface area contributed by atoms with E-state index in [1.54, 1.807) is 79.4 Å². The van der Waals surface area contributed by atoms with Gasteiger partial charge in [0.15, 0.2) is 23.0 Å². The van der Waals surface area contributed by atoms with E-state index in [9.17, 15) is 0 Å². The fourth-order valence-corrected chi connectivity index (χ4v) is 2.64. The van der Waals surface area contributed by atoms with Crippen molar-refractivity contribution in [3.8, 4) is 34.5 Å². The number of benzene rings is 2. The van der Waals surface area contributed by atoms with Crippen LogP contribution in [0.2, 0.25) is 0 Å². The minimum absolute atomic E-state index is 0.486. The summed E-state index contributed by atoms with van der Waals surface area (Å²) in [5, 5.41) is 8.18. The molecule has 0 heterocycles. The highest BCUT2D eigenvalue weighted by atomic mass is 16.5. The third-order valence-electron chi connectivity index (χ3n) is 3.93. The zero-order chi connectivity index (χ0) is 20.5. The third kappa shape index (κ3) is 4.28. The Morgan fingerprint density at radius 3 is 1.14 bits per heavy atom. The number of nitrogens with zero attached hydrogens (tertiary/aromatic N) is 2. The van der Waals surface area contributed by atoms with E-state index in [-0.39, 0.29) is 0 Å². The van der Waals surface area contributed by atoms with Crippen molar-refractivity contribution >= 4 is 12.4 Å². The van der Waals surface area contributed by atoms with Crippen LogP contribution < -0.4 is 28.4 Å². The molecule has 2 aromatic rings. The normalized spacial score (nSPS) is 10.9. The molecule has 0 bridgehead atoms. The molecule has 0 spiro atoms. The number of rotatable bonds is 9. The molecule has 0 N–H and O–H groups in total. The fourth-order valence-electron chi connectivity index (χ4n) is 2.64. The average molecular weight is 388 g/mol. The lowest BCUT2D eigenvalue weighted by Gasteiger charge is -2.13. The molecule has 150 valence electrons. The summed E-state index contributed by atoms with van der Waals surface area (Å²) in [5.41, 5.74) is 1.38. The summed E-state index contributed by atoms with van der Waals surface area (Å²) in [6, 6.07) is 7.14. The van der Waals surface area contributed by atoms with E-state index in [0.29, 0.717) is 45.6 Å². The molecule has 0 radical (unpaired) electrons. The summed E-state index contributed by atoms with van der Waals surface area (Å²) >= 11 is 0. The summed E-state index contributed by atoms with van der Waals surface area (Å²) < 4.78 is 32.1. The first-order chi connectivity index (χ1) is 13.6. The molecule has 0 saturated heterocycles. The molecule has 0 amide bonds. The van der Waals surface area contributed by atoms with Crippen LogP contribution in [0.5, 0.6) is 34.5 Å². The predicted octanol–water partition coefficient (Wildman–Crippen LogP) is 3.19. The van der Waals surface area contributed by atoms with Gasteiger partial charge in [-0.1, -0.05) is 0 Å². The number of methoxy groups -OCH3 is 6. The zero-order valence-electron chi connectivity index (χ0n) is 16.8. The molecule has 0 aliphatic heterocycles. The lowest BCUT2D eigenvalue weighted by atomic mass is 10.2. The number of hydrogen-bond donors (Lipinski definition) is 0. The summed E-state index contributed by atoms with van der Waals surface area (Å²) in [4.78, 5) is 0. The predicted molar refractivity (Wildman–Crippen MR) is 107 cm³/mol. The van der Waals surface area contributed by atoms with E-state index in [0.717, 1.165) is 0 Å². The van der Waals surface area contributed by atoms with Crippen molar-refractivity contribution in [2.24, 2.45) is 10.2 Å². The van der Waals surface area contributed by atoms with E-state index in [2.05, 4.69) is 10.2 Å². The minimum atomic E-state index is 0.486. The molecular weight excluding hydrogens is 364 g/mol. The molecule has 0 aromatic heterocycles. The van der Waals surface area contributed by atoms with Gasteiger partial charge in [-0.25, -0.2) is 0 Å². The van der Waals surface area contributed by atoms with E-state index >= 15 is 0 Å². The Bertz CT molecular complexity index is 793. The maximum atomic E-state index is 5.42. The molecule has 28 heavy (non-hydrogen) atoms. The van der Waals surface area contributed by atoms with Gasteiger partial charge in [0.1, 0.15) is 0 Å². The monoisotopic (exact) mass is 388 g/mol. The van der Waals surface area contributed by atoms with Crippen LogP contribution in [0.25, 0.3) is 0 Å². The van der Waals surface area contributed by atoms with Crippen molar-refractivity contribution in [2.75, 3.05) is 42.7 Å². The highest BCUT2D eigenvalue weighted by molar-refractivity contribution is 5.88. The first kappa shape index (κ1) is 20.9. The Hall–Kier alpha value is -3.42. The summed E-state index contributed by atoms with van der Waals surface area (Å²) in [6.07, 6.45) is 3.12. The average Bonchev–Trinajstić information content (AvgIpc) is 2.74. The van der Waals surface area contributed by atoms with Gasteiger partial charge in [0, 0.05) is 11.1 Å². The molecule has 0 fully saturated rings. The van der Waals surface area contributed by atoms with Gasteiger partial charge < -0.3 is 28.4 Å². The Balaban J connectivity index is 2.32. The smallest absolute Gasteiger partial charge is 0.203 e. The van der Waals surface area contributed by atoms with Crippen molar-refractivity contribution in [2.45, 2.75) is 0 Å². The van der Waals surface area contributed by atoms with Crippen molar-refractivity contribution in [1.29, 1.82) is 0 Å². The lowest BCUT2D eigenvalue weighted by molar-refractivity contribution is 0.324. The van der Waals surface area contributed by atoms with Crippen LogP contribution in [-0.2, 0) is 0 Å². The van der Waals surface area contributed by atoms with E-state index in [4.69, 9.17) is 28.4 Å². The summed E-state index contributed by atoms with van der Waals surface area (Å²) in [5.74, 6) is 3.11. The van der Waals surface area contributed by atoms with E-state index in [1.165, 1.54) is 0 Å². The van der Waals surface area contributed by atoms with Gasteiger partial charge in [0.05, 0.1) is 55.1 Å². The van der Waals surface area contributed by atoms with Crippen LogP contribution >= 0.6 is 0 Å². The largest absolute Gasteiger partial charge is 0.493 e. The molecule has 0 unspecified atom stereocenters. The molecule has 8 heteroatoms. The van der Waals surface area contributed by atoms with E-state index in [1.807, 2.05) is 0 Å². The molecule has 2 rings (SSSR count). The van der Waals surface area contributed by atoms with Crippen LogP contribution in [0.3, 0.4) is 0 Å². The molecular formula is C20H24N2O6. The number of hydrogen-bond acceptors (Lipinski definition) is 8. The molecule has 0 saturated carbocycles. The third-order valence-corrected chi connectivity index (χ3v) is 3.93. The molecule has 8 nitrogen and oxygen atoms in total. The second kappa shape index (κ2) is 10.1. The molecule has 2 aromatic carbocycles. The maximum Gasteiger partial charge on any atom is 0.203 e. The van der Waals surface area contributed by atoms with Gasteiger partial charge in [-0.05, 0) is 24.3 Å². The van der Waals surface area contributed by atoms with Crippen LogP contribution in [0.4, 0.5) is 0 Å². The van der Waals surface area contributed by atoms with Gasteiger partial charge in [-0.15, -0.1) is 0 Å². The number of ether oxygens (including phenoxy) is 6. The quantitative estimate of drug-likeness (QED) is 0.485. The molecule has 0 aliphatic carbocycles. The van der Waals surface area contributed by atoms with Crippen LogP contribution in [-0.4, -0.2) is 55.1 Å². The Morgan fingerprint density at radius 1 is 0.500 bits per heavy atom. The highest BCUT2D eigenvalue weighted by Gasteiger charge is 2.15. The topological polar surface area (TPSA) is 80.1 Å². The Morgan fingerprint density at radius 2 is 0.857 bits per heavy atom. The Kier molecular flexibility index (Phi) is 7.50. The van der Waals surface area contributed by atoms with Crippen molar-refractivity contribution in [1.82, 2.24) is 0 Å². The van der Waals surface area contributed by atoms with Gasteiger partial charge in [-0.3, -0.25) is 0 Å². The van der Waals surface area contributed by atoms with Crippen LogP contribution in [0.1, 0.15) is 11.1 Å². The second-order valence-corrected chi connectivity index (χ2v) is 5.34. The lowest BCUT2D eigenvalue weighted by Crippen LogP contribution is -1.99. The molecule has 0 aliphatic rings. The van der Waals surface area contributed by atoms with Gasteiger partial charge >= 0.3 is 0 Å². The van der Waals surface area contributed by atoms with Crippen molar-refractivity contribution in [3.63, 3.8) is 0 Å². The van der Waals surface area contributed by atoms with Crippen LogP contribution in [0, 0.1) is 0 Å². The van der Waals surface area contributed by atoms with Gasteiger partial charge in [-0.2, -0.15) is 10.2 Å². The van der Waals surface area contributed by atoms with Crippen LogP contribution in [0.15, 0.2) is 34.5 Å². The fraction of sp³-hybridized carbons (Fsp3) is 0.300. The van der Waals surface area contributed by atoms with E-state index < -0.39 is 0 Å². The standard InChI is InChI=1S/C20H24N2O6/c1-23-15-9-7-13(17(25-3)19(15)27-5)11-21-22-12-14-8-10-16(24-2)20(28-6)18(14)26-4/h7-12H,1-6H3/b21-11+,22-12+. The summed E-state index contributed by atoms with van der Waals surface area (Å²) in [7, 11) is 9.31. The second-order valence-electron chi connectivity index (χ2n) is 5.34. The highest BCUT2D eigenvalue weighted by Crippen LogP contribution is 2.40. The molecule has 0 atom stereocenters. The zero-order valence-corrected chi connectivity index (χ0v) is 16.8. The summed E-state index contributed by atoms with van der Waals surface area (Å²) in [6.45, 7) is 0. The maximum absolute atomic E-state index is 5.42. The Labute approximate surface area is 164 Å². The SMILES string of the molecule is COc1ccc(/C=N/N=C/c2ccc(OC)c(OC)c2OC)c(OC)c1OC. The minimum Gasteiger partial charge on any atom is -0.493 e. The first-order valence-electron chi connectivity index (χ1n) is 8.29. The van der Waals surface area contributed by atoms with Gasteiger partial charge in [0.2, 0.25) is 11.5 Å². The van der Waals surface area contributed by atoms with Crippen molar-refractivity contribution < 1.29 is 28.4 Å².